The fraction of sp³-hybridized carbons (Fsp3) is 0.591. The second-order valence-electron chi connectivity index (χ2n) is 7.08. The van der Waals surface area contributed by atoms with E-state index < -0.39 is 30.1 Å². The van der Waals surface area contributed by atoms with Crippen molar-refractivity contribution in [1.29, 1.82) is 0 Å². The van der Waals surface area contributed by atoms with E-state index >= 15 is 0 Å². The van der Waals surface area contributed by atoms with E-state index in [1.165, 1.54) is 20.8 Å². The Hall–Kier alpha value is -2.49. The van der Waals surface area contributed by atoms with Gasteiger partial charge in [0.05, 0.1) is 13.2 Å². The van der Waals surface area contributed by atoms with Crippen molar-refractivity contribution in [3.8, 4) is 0 Å². The highest BCUT2D eigenvalue weighted by molar-refractivity contribution is 5.88. The highest BCUT2D eigenvalue weighted by atomic mass is 16.6. The topological polar surface area (TPSA) is 118 Å². The number of ether oxygens (including phenoxy) is 5. The number of aliphatic hydroxyl groups excluding tert-OH is 1. The molecule has 1 N–H and O–H groups in total. The average molecular weight is 443 g/mol. The Bertz CT molecular complexity index is 639. The quantitative estimate of drug-likeness (QED) is 0.156. The van der Waals surface area contributed by atoms with Gasteiger partial charge in [0.15, 0.2) is 6.10 Å². The molecule has 0 bridgehead atoms. The van der Waals surface area contributed by atoms with Gasteiger partial charge in [0, 0.05) is 29.9 Å². The number of hydrogen-bond donors (Lipinski definition) is 1. The largest absolute Gasteiger partial charge is 0.460 e. The molecule has 0 aromatic carbocycles. The summed E-state index contributed by atoms with van der Waals surface area (Å²) < 4.78 is 25.9. The molecule has 0 aromatic rings. The smallest absolute Gasteiger partial charge is 0.333 e. The maximum atomic E-state index is 11.7. The lowest BCUT2D eigenvalue weighted by atomic mass is 10.3. The first kappa shape index (κ1) is 28.5. The van der Waals surface area contributed by atoms with Gasteiger partial charge in [-0.3, -0.25) is 0 Å². The molecule has 0 aliphatic rings. The Morgan fingerprint density at radius 2 is 1.16 bits per heavy atom. The van der Waals surface area contributed by atoms with E-state index in [1.807, 2.05) is 0 Å². The Morgan fingerprint density at radius 1 is 0.710 bits per heavy atom. The van der Waals surface area contributed by atoms with Gasteiger partial charge in [-0.05, 0) is 33.6 Å². The molecule has 0 aliphatic carbocycles. The second kappa shape index (κ2) is 16.2. The summed E-state index contributed by atoms with van der Waals surface area (Å²) in [6, 6.07) is 0. The SMILES string of the molecule is C=C(C)C(=O)OCC(O)COCCCCOCC(COC(=O)C(=C)C)OC(=O)C(=C)C. The van der Waals surface area contributed by atoms with Gasteiger partial charge in [-0.25, -0.2) is 14.4 Å². The lowest BCUT2D eigenvalue weighted by molar-refractivity contribution is -0.157. The third kappa shape index (κ3) is 15.0. The van der Waals surface area contributed by atoms with Crippen molar-refractivity contribution in [3.05, 3.63) is 36.5 Å². The van der Waals surface area contributed by atoms with Gasteiger partial charge in [-0.15, -0.1) is 0 Å². The third-order valence-electron chi connectivity index (χ3n) is 3.57. The molecule has 0 aliphatic heterocycles. The van der Waals surface area contributed by atoms with E-state index in [9.17, 15) is 19.5 Å². The molecule has 0 radical (unpaired) electrons. The molecular formula is C22H34O9. The summed E-state index contributed by atoms with van der Waals surface area (Å²) in [5.41, 5.74) is 0.730. The van der Waals surface area contributed by atoms with Crippen molar-refractivity contribution in [2.45, 2.75) is 45.8 Å². The standard InChI is InChI=1S/C22H34O9/c1-15(2)20(24)29-12-18(23)11-27-9-7-8-10-28-13-19(31-22(26)17(5)6)14-30-21(25)16(3)4/h18-19,23H,1,3,5,7-14H2,2,4,6H3. The van der Waals surface area contributed by atoms with Gasteiger partial charge in [0.2, 0.25) is 0 Å². The molecule has 0 saturated heterocycles. The predicted octanol–water partition coefficient (Wildman–Crippen LogP) is 1.89. The molecule has 9 nitrogen and oxygen atoms in total. The van der Waals surface area contributed by atoms with E-state index in [4.69, 9.17) is 23.7 Å². The molecule has 0 heterocycles. The summed E-state index contributed by atoms with van der Waals surface area (Å²) in [6.45, 7) is 15.5. The lowest BCUT2D eigenvalue weighted by Crippen LogP contribution is -2.30. The molecule has 9 heteroatoms. The van der Waals surface area contributed by atoms with Crippen LogP contribution in [-0.2, 0) is 38.1 Å². The van der Waals surface area contributed by atoms with Crippen molar-refractivity contribution < 1.29 is 43.2 Å². The Balaban J connectivity index is 4.01. The van der Waals surface area contributed by atoms with E-state index in [1.54, 1.807) is 0 Å². The van der Waals surface area contributed by atoms with Gasteiger partial charge < -0.3 is 28.8 Å². The van der Waals surface area contributed by atoms with Gasteiger partial charge in [0.1, 0.15) is 19.3 Å². The van der Waals surface area contributed by atoms with Crippen LogP contribution in [0.15, 0.2) is 36.5 Å². The van der Waals surface area contributed by atoms with Gasteiger partial charge in [-0.1, -0.05) is 19.7 Å². The Morgan fingerprint density at radius 3 is 1.65 bits per heavy atom. The van der Waals surface area contributed by atoms with E-state index in [0.29, 0.717) is 26.1 Å². The predicted molar refractivity (Wildman–Crippen MR) is 113 cm³/mol. The van der Waals surface area contributed by atoms with Crippen LogP contribution in [0.4, 0.5) is 0 Å². The number of aliphatic hydroxyl groups is 1. The minimum Gasteiger partial charge on any atom is -0.460 e. The highest BCUT2D eigenvalue weighted by Crippen LogP contribution is 2.04. The fourth-order valence-corrected chi connectivity index (χ4v) is 1.85. The van der Waals surface area contributed by atoms with Crippen LogP contribution in [0, 0.1) is 0 Å². The van der Waals surface area contributed by atoms with Crippen LogP contribution in [0.1, 0.15) is 33.6 Å². The number of rotatable bonds is 17. The van der Waals surface area contributed by atoms with E-state index in [-0.39, 0.29) is 43.1 Å². The molecule has 0 saturated carbocycles. The second-order valence-corrected chi connectivity index (χ2v) is 7.08. The summed E-state index contributed by atoms with van der Waals surface area (Å²) in [4.78, 5) is 34.4. The number of carbonyl (C=O) groups is 3. The first-order chi connectivity index (χ1) is 14.5. The minimum atomic E-state index is -0.912. The zero-order valence-electron chi connectivity index (χ0n) is 18.6. The summed E-state index contributed by atoms with van der Waals surface area (Å²) in [6.07, 6.45) is -0.349. The van der Waals surface area contributed by atoms with Crippen molar-refractivity contribution >= 4 is 17.9 Å². The Labute approximate surface area is 183 Å². The van der Waals surface area contributed by atoms with Crippen LogP contribution >= 0.6 is 0 Å². The zero-order chi connectivity index (χ0) is 23.8. The fourth-order valence-electron chi connectivity index (χ4n) is 1.85. The molecule has 0 fully saturated rings. The molecule has 31 heavy (non-hydrogen) atoms. The van der Waals surface area contributed by atoms with Crippen LogP contribution in [0.2, 0.25) is 0 Å². The van der Waals surface area contributed by atoms with Crippen molar-refractivity contribution in [2.24, 2.45) is 0 Å². The molecule has 0 aromatic heterocycles. The first-order valence-electron chi connectivity index (χ1n) is 9.89. The molecule has 0 rings (SSSR count). The van der Waals surface area contributed by atoms with Crippen LogP contribution < -0.4 is 0 Å². The molecular weight excluding hydrogens is 408 g/mol. The summed E-state index contributed by atoms with van der Waals surface area (Å²) in [5.74, 6) is -1.73. The third-order valence-corrected chi connectivity index (χ3v) is 3.57. The molecule has 0 spiro atoms. The Kier molecular flexibility index (Phi) is 14.9. The summed E-state index contributed by atoms with van der Waals surface area (Å²) in [5, 5.41) is 9.67. The molecule has 0 amide bonds. The number of esters is 3. The lowest BCUT2D eigenvalue weighted by Gasteiger charge is -2.18. The van der Waals surface area contributed by atoms with Crippen LogP contribution in [0.5, 0.6) is 0 Å². The molecule has 2 unspecified atom stereocenters. The van der Waals surface area contributed by atoms with E-state index in [2.05, 4.69) is 19.7 Å². The van der Waals surface area contributed by atoms with Gasteiger partial charge in [0.25, 0.3) is 0 Å². The zero-order valence-corrected chi connectivity index (χ0v) is 18.6. The van der Waals surface area contributed by atoms with Crippen LogP contribution in [0.3, 0.4) is 0 Å². The maximum Gasteiger partial charge on any atom is 0.333 e. The minimum absolute atomic E-state index is 0.0390. The molecule has 2 atom stereocenters. The average Bonchev–Trinajstić information content (AvgIpc) is 2.70. The van der Waals surface area contributed by atoms with Crippen molar-refractivity contribution in [3.63, 3.8) is 0 Å². The van der Waals surface area contributed by atoms with Crippen LogP contribution in [0.25, 0.3) is 0 Å². The number of unbranched alkanes of at least 4 members (excludes halogenated alkanes) is 1. The van der Waals surface area contributed by atoms with E-state index in [0.717, 1.165) is 0 Å². The molecule has 176 valence electrons. The summed E-state index contributed by atoms with van der Waals surface area (Å²) in [7, 11) is 0. The maximum absolute atomic E-state index is 11.7. The first-order valence-corrected chi connectivity index (χ1v) is 9.89. The van der Waals surface area contributed by atoms with Crippen molar-refractivity contribution in [2.75, 3.05) is 39.6 Å². The van der Waals surface area contributed by atoms with Crippen LogP contribution in [-0.4, -0.2) is 74.9 Å². The normalized spacial score (nSPS) is 12.4. The summed E-state index contributed by atoms with van der Waals surface area (Å²) >= 11 is 0. The van der Waals surface area contributed by atoms with Crippen molar-refractivity contribution in [1.82, 2.24) is 0 Å². The van der Waals surface area contributed by atoms with Gasteiger partial charge >= 0.3 is 17.9 Å². The highest BCUT2D eigenvalue weighted by Gasteiger charge is 2.18. The number of hydrogen-bond acceptors (Lipinski definition) is 9. The monoisotopic (exact) mass is 442 g/mol. The van der Waals surface area contributed by atoms with Gasteiger partial charge in [-0.2, -0.15) is 0 Å². The number of carbonyl (C=O) groups excluding carboxylic acids is 3.